The van der Waals surface area contributed by atoms with Gasteiger partial charge in [0.15, 0.2) is 5.65 Å². The molecule has 0 saturated carbocycles. The summed E-state index contributed by atoms with van der Waals surface area (Å²) in [5.41, 5.74) is 4.53. The van der Waals surface area contributed by atoms with Crippen LogP contribution in [0.4, 0.5) is 0 Å². The Labute approximate surface area is 175 Å². The molecule has 30 heavy (non-hydrogen) atoms. The highest BCUT2D eigenvalue weighted by atomic mass is 16.5. The minimum absolute atomic E-state index is 0.0888. The Balaban J connectivity index is 1.94. The number of hydrogen-bond acceptors (Lipinski definition) is 4. The van der Waals surface area contributed by atoms with Crippen molar-refractivity contribution in [3.63, 3.8) is 0 Å². The predicted molar refractivity (Wildman–Crippen MR) is 118 cm³/mol. The number of fused-ring (bicyclic) bond motifs is 1. The quantitative estimate of drug-likeness (QED) is 0.476. The topological polar surface area (TPSA) is 59.7 Å². The van der Waals surface area contributed by atoms with E-state index < -0.39 is 0 Å². The van der Waals surface area contributed by atoms with E-state index in [0.717, 1.165) is 28.3 Å². The molecule has 0 radical (unpaired) electrons. The molecule has 0 atom stereocenters. The molecule has 0 bridgehead atoms. The molecular formula is C24H24N4O2. The van der Waals surface area contributed by atoms with Gasteiger partial charge in [-0.1, -0.05) is 42.5 Å². The maximum atomic E-state index is 13.0. The van der Waals surface area contributed by atoms with Crippen LogP contribution in [0, 0.1) is 0 Å². The number of rotatable bonds is 6. The number of hydrogen-bond donors (Lipinski definition) is 0. The highest BCUT2D eigenvalue weighted by molar-refractivity contribution is 5.94. The highest BCUT2D eigenvalue weighted by Gasteiger charge is 2.19. The second-order valence-electron chi connectivity index (χ2n) is 6.90. The molecule has 0 fully saturated rings. The first-order valence-corrected chi connectivity index (χ1v) is 10.0. The van der Waals surface area contributed by atoms with E-state index in [2.05, 4.69) is 4.98 Å². The normalized spacial score (nSPS) is 10.9. The minimum atomic E-state index is -0.0888. The van der Waals surface area contributed by atoms with Gasteiger partial charge in [-0.3, -0.25) is 4.79 Å². The fraction of sp³-hybridized carbons (Fsp3) is 0.208. The number of aromatic nitrogens is 3. The lowest BCUT2D eigenvalue weighted by molar-refractivity contribution is 0.0767. The van der Waals surface area contributed by atoms with Crippen LogP contribution in [0.15, 0.2) is 66.7 Å². The van der Waals surface area contributed by atoms with Crippen LogP contribution in [0.25, 0.3) is 28.2 Å². The Kier molecular flexibility index (Phi) is 5.48. The van der Waals surface area contributed by atoms with Gasteiger partial charge in [0.05, 0.1) is 18.5 Å². The van der Waals surface area contributed by atoms with Crippen LogP contribution in [0.1, 0.15) is 24.3 Å². The van der Waals surface area contributed by atoms with Crippen LogP contribution in [-0.4, -0.2) is 45.6 Å². The zero-order valence-corrected chi connectivity index (χ0v) is 17.4. The van der Waals surface area contributed by atoms with Crippen LogP contribution in [-0.2, 0) is 0 Å². The van der Waals surface area contributed by atoms with E-state index in [9.17, 15) is 4.79 Å². The zero-order valence-electron chi connectivity index (χ0n) is 17.4. The number of nitrogens with zero attached hydrogens (tertiary/aromatic N) is 4. The summed E-state index contributed by atoms with van der Waals surface area (Å²) in [6.07, 6.45) is 0. The van der Waals surface area contributed by atoms with Crippen molar-refractivity contribution in [3.05, 3.63) is 72.4 Å². The van der Waals surface area contributed by atoms with Crippen LogP contribution >= 0.6 is 0 Å². The molecule has 2 aromatic carbocycles. The summed E-state index contributed by atoms with van der Waals surface area (Å²) in [6.45, 7) is 5.20. The van der Waals surface area contributed by atoms with Crippen molar-refractivity contribution in [1.82, 2.24) is 19.5 Å². The molecule has 0 spiro atoms. The summed E-state index contributed by atoms with van der Waals surface area (Å²) in [6, 6.07) is 21.4. The van der Waals surface area contributed by atoms with Gasteiger partial charge in [-0.2, -0.15) is 5.10 Å². The third-order valence-corrected chi connectivity index (χ3v) is 5.13. The van der Waals surface area contributed by atoms with Crippen molar-refractivity contribution in [1.29, 1.82) is 0 Å². The molecule has 0 aliphatic heterocycles. The van der Waals surface area contributed by atoms with Gasteiger partial charge >= 0.3 is 0 Å². The maximum Gasteiger partial charge on any atom is 0.272 e. The number of ether oxygens (including phenoxy) is 1. The second-order valence-corrected chi connectivity index (χ2v) is 6.90. The number of carbonyl (C=O) groups excluding carboxylic acids is 1. The molecule has 2 heterocycles. The van der Waals surface area contributed by atoms with E-state index in [0.29, 0.717) is 24.4 Å². The molecule has 152 valence electrons. The Bertz CT molecular complexity index is 1180. The standard InChI is InChI=1S/C24H24N4O2/c1-4-27(5-2)24(29)21-15-22(18-12-9-13-19(14-18)30-3)28-23(25-21)16-20(26-28)17-10-7-6-8-11-17/h6-16H,4-5H2,1-3H3. The van der Waals surface area contributed by atoms with Crippen LogP contribution < -0.4 is 4.74 Å². The van der Waals surface area contributed by atoms with E-state index in [4.69, 9.17) is 9.84 Å². The molecule has 6 heteroatoms. The summed E-state index contributed by atoms with van der Waals surface area (Å²) in [4.78, 5) is 19.5. The Hall–Kier alpha value is -3.67. The summed E-state index contributed by atoms with van der Waals surface area (Å²) < 4.78 is 7.18. The summed E-state index contributed by atoms with van der Waals surface area (Å²) >= 11 is 0. The summed E-state index contributed by atoms with van der Waals surface area (Å²) in [5.74, 6) is 0.652. The van der Waals surface area contributed by atoms with E-state index in [-0.39, 0.29) is 5.91 Å². The monoisotopic (exact) mass is 400 g/mol. The lowest BCUT2D eigenvalue weighted by Gasteiger charge is -2.18. The van der Waals surface area contributed by atoms with Crippen molar-refractivity contribution in [2.45, 2.75) is 13.8 Å². The molecule has 4 rings (SSSR count). The highest BCUT2D eigenvalue weighted by Crippen LogP contribution is 2.27. The van der Waals surface area contributed by atoms with E-state index in [1.54, 1.807) is 16.5 Å². The van der Waals surface area contributed by atoms with Gasteiger partial charge in [0, 0.05) is 30.3 Å². The molecule has 6 nitrogen and oxygen atoms in total. The van der Waals surface area contributed by atoms with Crippen LogP contribution in [0.3, 0.4) is 0 Å². The van der Waals surface area contributed by atoms with Crippen LogP contribution in [0.2, 0.25) is 0 Å². The Morgan fingerprint density at radius 3 is 2.40 bits per heavy atom. The lowest BCUT2D eigenvalue weighted by atomic mass is 10.1. The fourth-order valence-electron chi connectivity index (χ4n) is 3.49. The molecule has 0 unspecified atom stereocenters. The Morgan fingerprint density at radius 1 is 0.967 bits per heavy atom. The third-order valence-electron chi connectivity index (χ3n) is 5.13. The average Bonchev–Trinajstić information content (AvgIpc) is 3.24. The smallest absolute Gasteiger partial charge is 0.272 e. The first-order valence-electron chi connectivity index (χ1n) is 10.0. The van der Waals surface area contributed by atoms with Crippen molar-refractivity contribution >= 4 is 11.6 Å². The van der Waals surface area contributed by atoms with Crippen molar-refractivity contribution < 1.29 is 9.53 Å². The molecule has 0 aliphatic rings. The largest absolute Gasteiger partial charge is 0.497 e. The third kappa shape index (κ3) is 3.64. The predicted octanol–water partition coefficient (Wildman–Crippen LogP) is 4.55. The second kappa shape index (κ2) is 8.37. The van der Waals surface area contributed by atoms with Crippen molar-refractivity contribution in [3.8, 4) is 28.3 Å². The fourth-order valence-corrected chi connectivity index (χ4v) is 3.49. The Morgan fingerprint density at radius 2 is 1.70 bits per heavy atom. The van der Waals surface area contributed by atoms with Gasteiger partial charge in [-0.05, 0) is 32.0 Å². The van der Waals surface area contributed by atoms with Gasteiger partial charge in [0.25, 0.3) is 5.91 Å². The molecule has 0 aliphatic carbocycles. The number of amides is 1. The number of benzene rings is 2. The molecule has 4 aromatic rings. The van der Waals surface area contributed by atoms with Gasteiger partial charge < -0.3 is 9.64 Å². The maximum absolute atomic E-state index is 13.0. The SMILES string of the molecule is CCN(CC)C(=O)c1cc(-c2cccc(OC)c2)n2nc(-c3ccccc3)cc2n1. The molecule has 0 N–H and O–H groups in total. The minimum Gasteiger partial charge on any atom is -0.497 e. The number of methoxy groups -OCH3 is 1. The van der Waals surface area contributed by atoms with Crippen molar-refractivity contribution in [2.24, 2.45) is 0 Å². The van der Waals surface area contributed by atoms with Gasteiger partial charge in [-0.25, -0.2) is 9.50 Å². The molecule has 1 amide bonds. The number of carbonyl (C=O) groups is 1. The molecule has 2 aromatic heterocycles. The summed E-state index contributed by atoms with van der Waals surface area (Å²) in [7, 11) is 1.64. The molecule has 0 saturated heterocycles. The van der Waals surface area contributed by atoms with Gasteiger partial charge in [-0.15, -0.1) is 0 Å². The summed E-state index contributed by atoms with van der Waals surface area (Å²) in [5, 5.41) is 4.79. The van der Waals surface area contributed by atoms with Gasteiger partial charge in [0.2, 0.25) is 0 Å². The molecular weight excluding hydrogens is 376 g/mol. The van der Waals surface area contributed by atoms with E-state index in [1.165, 1.54) is 0 Å². The van der Waals surface area contributed by atoms with Gasteiger partial charge in [0.1, 0.15) is 11.4 Å². The first kappa shape index (κ1) is 19.6. The van der Waals surface area contributed by atoms with E-state index >= 15 is 0 Å². The zero-order chi connectivity index (χ0) is 21.1. The average molecular weight is 400 g/mol. The lowest BCUT2D eigenvalue weighted by Crippen LogP contribution is -2.31. The first-order chi connectivity index (χ1) is 14.6. The van der Waals surface area contributed by atoms with Crippen molar-refractivity contribution in [2.75, 3.05) is 20.2 Å². The van der Waals surface area contributed by atoms with E-state index in [1.807, 2.05) is 80.6 Å². The van der Waals surface area contributed by atoms with Crippen LogP contribution in [0.5, 0.6) is 5.75 Å².